The van der Waals surface area contributed by atoms with Crippen molar-refractivity contribution < 1.29 is 9.90 Å². The van der Waals surface area contributed by atoms with Crippen LogP contribution in [0.15, 0.2) is 22.7 Å². The molecule has 1 aliphatic rings. The highest BCUT2D eigenvalue weighted by atomic mass is 79.9. The van der Waals surface area contributed by atoms with Gasteiger partial charge in [-0.1, -0.05) is 15.9 Å². The Labute approximate surface area is 95.5 Å². The number of halogens is 1. The van der Waals surface area contributed by atoms with Crippen LogP contribution in [-0.2, 0) is 10.2 Å². The molecule has 2 rings (SSSR count). The molecule has 0 amide bonds. The summed E-state index contributed by atoms with van der Waals surface area (Å²) in [7, 11) is 0. The van der Waals surface area contributed by atoms with Gasteiger partial charge in [-0.05, 0) is 36.6 Å². The molecule has 1 aromatic rings. The minimum absolute atomic E-state index is 0.501. The smallest absolute Gasteiger partial charge is 0.314 e. The van der Waals surface area contributed by atoms with Crippen molar-refractivity contribution in [2.75, 3.05) is 0 Å². The van der Waals surface area contributed by atoms with Crippen LogP contribution >= 0.6 is 15.9 Å². The summed E-state index contributed by atoms with van der Waals surface area (Å²) >= 11 is 3.33. The molecule has 0 unspecified atom stereocenters. The Morgan fingerprint density at radius 2 is 2.20 bits per heavy atom. The molecule has 1 aliphatic carbocycles. The number of hydrogen-bond donors (Lipinski definition) is 1. The first-order valence-corrected chi connectivity index (χ1v) is 5.33. The van der Waals surface area contributed by atoms with Crippen LogP contribution in [0.1, 0.15) is 24.0 Å². The second-order valence-corrected chi connectivity index (χ2v) is 4.55. The summed E-state index contributed by atoms with van der Waals surface area (Å²) in [4.78, 5) is 11.1. The standard InChI is InChI=1S/C11H8BrNO2/c12-9-2-1-7(6-13)5-8(9)11(3-4-11)10(14)15/h1-2,5H,3-4H2,(H,14,15). The highest BCUT2D eigenvalue weighted by Gasteiger charge is 2.52. The van der Waals surface area contributed by atoms with E-state index in [0.717, 1.165) is 4.47 Å². The van der Waals surface area contributed by atoms with E-state index in [1.807, 2.05) is 6.07 Å². The number of benzene rings is 1. The van der Waals surface area contributed by atoms with E-state index in [9.17, 15) is 4.79 Å². The Kier molecular flexibility index (Phi) is 2.28. The largest absolute Gasteiger partial charge is 0.481 e. The summed E-state index contributed by atoms with van der Waals surface area (Å²) in [5.41, 5.74) is 0.459. The average Bonchev–Trinajstić information content (AvgIpc) is 2.99. The van der Waals surface area contributed by atoms with E-state index in [1.54, 1.807) is 18.2 Å². The molecule has 0 bridgehead atoms. The summed E-state index contributed by atoms with van der Waals surface area (Å²) in [6.45, 7) is 0. The lowest BCUT2D eigenvalue weighted by Crippen LogP contribution is -2.20. The van der Waals surface area contributed by atoms with Crippen LogP contribution in [0.25, 0.3) is 0 Å². The third-order valence-electron chi connectivity index (χ3n) is 2.77. The molecule has 1 aromatic carbocycles. The first-order valence-electron chi connectivity index (χ1n) is 4.54. The van der Waals surface area contributed by atoms with Crippen LogP contribution in [0.3, 0.4) is 0 Å². The van der Waals surface area contributed by atoms with Gasteiger partial charge in [0.2, 0.25) is 0 Å². The molecule has 0 saturated heterocycles. The van der Waals surface area contributed by atoms with E-state index < -0.39 is 11.4 Å². The van der Waals surface area contributed by atoms with Gasteiger partial charge in [-0.15, -0.1) is 0 Å². The number of nitriles is 1. The fourth-order valence-corrected chi connectivity index (χ4v) is 2.31. The summed E-state index contributed by atoms with van der Waals surface area (Å²) in [5.74, 6) is -0.807. The molecule has 3 nitrogen and oxygen atoms in total. The van der Waals surface area contributed by atoms with Crippen molar-refractivity contribution in [1.29, 1.82) is 5.26 Å². The van der Waals surface area contributed by atoms with Crippen LogP contribution < -0.4 is 0 Å². The quantitative estimate of drug-likeness (QED) is 0.894. The third-order valence-corrected chi connectivity index (χ3v) is 3.46. The van der Waals surface area contributed by atoms with Crippen LogP contribution in [0.4, 0.5) is 0 Å². The van der Waals surface area contributed by atoms with Gasteiger partial charge in [0, 0.05) is 4.47 Å². The van der Waals surface area contributed by atoms with E-state index in [-0.39, 0.29) is 0 Å². The maximum atomic E-state index is 11.1. The van der Waals surface area contributed by atoms with E-state index in [1.165, 1.54) is 0 Å². The van der Waals surface area contributed by atoms with Crippen LogP contribution in [0.2, 0.25) is 0 Å². The predicted molar refractivity (Wildman–Crippen MR) is 57.4 cm³/mol. The predicted octanol–water partition coefficient (Wildman–Crippen LogP) is 2.44. The first-order chi connectivity index (χ1) is 7.10. The molecule has 0 spiro atoms. The van der Waals surface area contributed by atoms with Crippen molar-refractivity contribution in [2.45, 2.75) is 18.3 Å². The third kappa shape index (κ3) is 1.53. The highest BCUT2D eigenvalue weighted by molar-refractivity contribution is 9.10. The van der Waals surface area contributed by atoms with Crippen LogP contribution in [0.5, 0.6) is 0 Å². The van der Waals surface area contributed by atoms with Gasteiger partial charge in [-0.2, -0.15) is 5.26 Å². The molecular weight excluding hydrogens is 258 g/mol. The Balaban J connectivity index is 2.53. The number of carboxylic acids is 1. The van der Waals surface area contributed by atoms with Gasteiger partial charge in [0.25, 0.3) is 0 Å². The fraction of sp³-hybridized carbons (Fsp3) is 0.273. The number of carboxylic acid groups (broad SMARTS) is 1. The van der Waals surface area contributed by atoms with Gasteiger partial charge in [-0.3, -0.25) is 4.79 Å². The molecule has 0 atom stereocenters. The molecule has 0 aromatic heterocycles. The number of carbonyl (C=O) groups is 1. The maximum Gasteiger partial charge on any atom is 0.314 e. The summed E-state index contributed by atoms with van der Waals surface area (Å²) < 4.78 is 0.765. The number of nitrogens with zero attached hydrogens (tertiary/aromatic N) is 1. The molecule has 15 heavy (non-hydrogen) atoms. The van der Waals surface area contributed by atoms with Gasteiger partial charge < -0.3 is 5.11 Å². The molecule has 1 saturated carbocycles. The Morgan fingerprint density at radius 1 is 1.53 bits per heavy atom. The number of rotatable bonds is 2. The summed E-state index contributed by atoms with van der Waals surface area (Å²) in [6, 6.07) is 7.08. The molecular formula is C11H8BrNO2. The Morgan fingerprint density at radius 3 is 2.67 bits per heavy atom. The monoisotopic (exact) mass is 265 g/mol. The van der Waals surface area contributed by atoms with Crippen molar-refractivity contribution in [2.24, 2.45) is 0 Å². The highest BCUT2D eigenvalue weighted by Crippen LogP contribution is 2.50. The number of aliphatic carboxylic acids is 1. The summed E-state index contributed by atoms with van der Waals surface area (Å²) in [6.07, 6.45) is 1.30. The van der Waals surface area contributed by atoms with Gasteiger partial charge in [0.15, 0.2) is 0 Å². The minimum atomic E-state index is -0.807. The lowest BCUT2D eigenvalue weighted by Gasteiger charge is -2.12. The second-order valence-electron chi connectivity index (χ2n) is 3.69. The van der Waals surface area contributed by atoms with E-state index >= 15 is 0 Å². The van der Waals surface area contributed by atoms with Crippen molar-refractivity contribution in [3.8, 4) is 6.07 Å². The molecule has 0 aliphatic heterocycles. The maximum absolute atomic E-state index is 11.1. The minimum Gasteiger partial charge on any atom is -0.481 e. The van der Waals surface area contributed by atoms with Gasteiger partial charge in [0.1, 0.15) is 0 Å². The normalized spacial score (nSPS) is 16.8. The molecule has 76 valence electrons. The SMILES string of the molecule is N#Cc1ccc(Br)c(C2(C(=O)O)CC2)c1. The summed E-state index contributed by atoms with van der Waals surface area (Å²) in [5, 5.41) is 17.9. The zero-order valence-corrected chi connectivity index (χ0v) is 9.41. The lowest BCUT2D eigenvalue weighted by atomic mass is 9.95. The van der Waals surface area contributed by atoms with Crippen molar-refractivity contribution in [3.05, 3.63) is 33.8 Å². The Bertz CT molecular complexity index is 472. The fourth-order valence-electron chi connectivity index (χ4n) is 1.68. The molecule has 4 heteroatoms. The van der Waals surface area contributed by atoms with Crippen molar-refractivity contribution >= 4 is 21.9 Å². The zero-order chi connectivity index (χ0) is 11.1. The van der Waals surface area contributed by atoms with Crippen molar-refractivity contribution in [3.63, 3.8) is 0 Å². The van der Waals surface area contributed by atoms with Crippen LogP contribution in [0, 0.1) is 11.3 Å². The first kappa shape index (κ1) is 10.2. The Hall–Kier alpha value is -1.34. The lowest BCUT2D eigenvalue weighted by molar-refractivity contribution is -0.140. The van der Waals surface area contributed by atoms with E-state index in [0.29, 0.717) is 24.0 Å². The molecule has 0 heterocycles. The zero-order valence-electron chi connectivity index (χ0n) is 7.83. The van der Waals surface area contributed by atoms with E-state index in [4.69, 9.17) is 10.4 Å². The average molecular weight is 266 g/mol. The topological polar surface area (TPSA) is 61.1 Å². The molecule has 0 radical (unpaired) electrons. The van der Waals surface area contributed by atoms with Gasteiger partial charge >= 0.3 is 5.97 Å². The van der Waals surface area contributed by atoms with Gasteiger partial charge in [-0.25, -0.2) is 0 Å². The van der Waals surface area contributed by atoms with E-state index in [2.05, 4.69) is 15.9 Å². The van der Waals surface area contributed by atoms with Gasteiger partial charge in [0.05, 0.1) is 17.0 Å². The van der Waals surface area contributed by atoms with Crippen molar-refractivity contribution in [1.82, 2.24) is 0 Å². The molecule has 1 fully saturated rings. The van der Waals surface area contributed by atoms with Crippen LogP contribution in [-0.4, -0.2) is 11.1 Å². The number of hydrogen-bond acceptors (Lipinski definition) is 2. The second kappa shape index (κ2) is 3.35. The molecule has 1 N–H and O–H groups in total.